The van der Waals surface area contributed by atoms with Crippen molar-refractivity contribution in [2.75, 3.05) is 6.61 Å². The molecule has 4 aromatic rings. The molecule has 0 fully saturated rings. The maximum atomic E-state index is 5.62. The molecule has 0 bridgehead atoms. The van der Waals surface area contributed by atoms with Crippen LogP contribution in [0, 0.1) is 0 Å². The van der Waals surface area contributed by atoms with Gasteiger partial charge in [-0.3, -0.25) is 0 Å². The summed E-state index contributed by atoms with van der Waals surface area (Å²) in [4.78, 5) is 4.82. The van der Waals surface area contributed by atoms with Gasteiger partial charge in [0.25, 0.3) is 0 Å². The van der Waals surface area contributed by atoms with E-state index in [1.54, 1.807) is 11.3 Å². The quantitative estimate of drug-likeness (QED) is 0.417. The highest BCUT2D eigenvalue weighted by Gasteiger charge is 2.05. The van der Waals surface area contributed by atoms with Crippen molar-refractivity contribution in [3.05, 3.63) is 71.2 Å². The summed E-state index contributed by atoms with van der Waals surface area (Å²) in [6.07, 6.45) is 5.21. The predicted octanol–water partition coefficient (Wildman–Crippen LogP) is 6.41. The third-order valence-corrected chi connectivity index (χ3v) is 5.06. The van der Waals surface area contributed by atoms with E-state index < -0.39 is 0 Å². The lowest BCUT2D eigenvalue weighted by atomic mass is 10.1. The lowest BCUT2D eigenvalue weighted by Crippen LogP contribution is -1.94. The topological polar surface area (TPSA) is 22.1 Å². The second-order valence-corrected chi connectivity index (χ2v) is 7.00. The van der Waals surface area contributed by atoms with Gasteiger partial charge in [0.1, 0.15) is 10.8 Å². The normalized spacial score (nSPS) is 11.6. The molecule has 0 atom stereocenters. The first-order chi connectivity index (χ1) is 12.3. The maximum Gasteiger partial charge on any atom is 0.119 e. The van der Waals surface area contributed by atoms with Crippen molar-refractivity contribution in [3.8, 4) is 5.75 Å². The molecule has 0 aliphatic heterocycles. The Hall–Kier alpha value is -2.65. The molecule has 4 rings (SSSR count). The van der Waals surface area contributed by atoms with Crippen LogP contribution >= 0.6 is 11.3 Å². The van der Waals surface area contributed by atoms with Crippen molar-refractivity contribution in [1.82, 2.24) is 4.98 Å². The van der Waals surface area contributed by atoms with Gasteiger partial charge in [-0.15, -0.1) is 11.3 Å². The first-order valence-corrected chi connectivity index (χ1v) is 9.34. The van der Waals surface area contributed by atoms with Crippen LogP contribution in [0.2, 0.25) is 0 Å². The van der Waals surface area contributed by atoms with E-state index in [9.17, 15) is 0 Å². The minimum atomic E-state index is 0.759. The first-order valence-electron chi connectivity index (χ1n) is 8.53. The van der Waals surface area contributed by atoms with Gasteiger partial charge in [-0.05, 0) is 41.6 Å². The highest BCUT2D eigenvalue weighted by atomic mass is 32.1. The minimum Gasteiger partial charge on any atom is -0.494 e. The molecule has 0 saturated carbocycles. The van der Waals surface area contributed by atoms with Crippen molar-refractivity contribution < 1.29 is 4.74 Å². The summed E-state index contributed by atoms with van der Waals surface area (Å²) in [7, 11) is 0. The number of ether oxygens (including phenoxy) is 1. The molecule has 3 heteroatoms. The molecule has 0 radical (unpaired) electrons. The highest BCUT2D eigenvalue weighted by molar-refractivity contribution is 7.19. The van der Waals surface area contributed by atoms with Gasteiger partial charge in [-0.25, -0.2) is 4.98 Å². The molecule has 0 spiro atoms. The van der Waals surface area contributed by atoms with E-state index >= 15 is 0 Å². The molecule has 3 aromatic carbocycles. The summed E-state index contributed by atoms with van der Waals surface area (Å²) in [6.45, 7) is 2.87. The molecule has 0 unspecified atom stereocenters. The Labute approximate surface area is 151 Å². The molecule has 0 saturated heterocycles. The van der Waals surface area contributed by atoms with Crippen molar-refractivity contribution >= 4 is 44.5 Å². The summed E-state index contributed by atoms with van der Waals surface area (Å²) in [6, 6.07) is 20.9. The average molecular weight is 345 g/mol. The summed E-state index contributed by atoms with van der Waals surface area (Å²) < 4.78 is 6.84. The molecule has 124 valence electrons. The monoisotopic (exact) mass is 345 g/mol. The third-order valence-electron chi connectivity index (χ3n) is 4.07. The van der Waals surface area contributed by atoms with E-state index in [1.807, 2.05) is 12.1 Å². The lowest BCUT2D eigenvalue weighted by Gasteiger charge is -2.03. The molecule has 1 heterocycles. The van der Waals surface area contributed by atoms with Crippen LogP contribution in [-0.4, -0.2) is 11.6 Å². The lowest BCUT2D eigenvalue weighted by molar-refractivity contribution is 0.317. The van der Waals surface area contributed by atoms with Crippen LogP contribution in [-0.2, 0) is 0 Å². The van der Waals surface area contributed by atoms with Crippen LogP contribution in [0.25, 0.3) is 33.1 Å². The number of hydrogen-bond acceptors (Lipinski definition) is 3. The second kappa shape index (κ2) is 7.08. The SMILES string of the molecule is CCCOc1ccc(C=Cc2nc3c(ccc4ccccc43)s2)cc1. The third kappa shape index (κ3) is 3.42. The van der Waals surface area contributed by atoms with Gasteiger partial charge in [-0.2, -0.15) is 0 Å². The van der Waals surface area contributed by atoms with Gasteiger partial charge >= 0.3 is 0 Å². The molecule has 25 heavy (non-hydrogen) atoms. The zero-order chi connectivity index (χ0) is 17.1. The number of rotatable bonds is 5. The van der Waals surface area contributed by atoms with Crippen LogP contribution in [0.4, 0.5) is 0 Å². The van der Waals surface area contributed by atoms with Crippen LogP contribution in [0.1, 0.15) is 23.9 Å². The van der Waals surface area contributed by atoms with Crippen molar-refractivity contribution in [1.29, 1.82) is 0 Å². The fourth-order valence-corrected chi connectivity index (χ4v) is 3.70. The Morgan fingerprint density at radius 3 is 2.64 bits per heavy atom. The molecule has 1 aromatic heterocycles. The molecular weight excluding hydrogens is 326 g/mol. The summed E-state index contributed by atoms with van der Waals surface area (Å²) in [5.41, 5.74) is 2.24. The highest BCUT2D eigenvalue weighted by Crippen LogP contribution is 2.30. The van der Waals surface area contributed by atoms with Crippen LogP contribution < -0.4 is 4.74 Å². The van der Waals surface area contributed by atoms with Gasteiger partial charge < -0.3 is 4.74 Å². The van der Waals surface area contributed by atoms with Gasteiger partial charge in [0.05, 0.1) is 16.8 Å². The van der Waals surface area contributed by atoms with Crippen LogP contribution in [0.3, 0.4) is 0 Å². The number of nitrogens with zero attached hydrogens (tertiary/aromatic N) is 1. The Bertz CT molecular complexity index is 1030. The van der Waals surface area contributed by atoms with Crippen LogP contribution in [0.5, 0.6) is 5.75 Å². The van der Waals surface area contributed by atoms with E-state index in [0.29, 0.717) is 0 Å². The molecule has 2 nitrogen and oxygen atoms in total. The fraction of sp³-hybridized carbons (Fsp3) is 0.136. The Morgan fingerprint density at radius 1 is 0.960 bits per heavy atom. The molecule has 0 aliphatic rings. The summed E-state index contributed by atoms with van der Waals surface area (Å²) >= 11 is 1.72. The largest absolute Gasteiger partial charge is 0.494 e. The zero-order valence-electron chi connectivity index (χ0n) is 14.1. The molecule has 0 aliphatic carbocycles. The summed E-state index contributed by atoms with van der Waals surface area (Å²) in [5.74, 6) is 0.922. The van der Waals surface area contributed by atoms with E-state index in [0.717, 1.165) is 34.9 Å². The average Bonchev–Trinajstić information content (AvgIpc) is 3.09. The Kier molecular flexibility index (Phi) is 4.49. The van der Waals surface area contributed by atoms with E-state index in [2.05, 4.69) is 67.6 Å². The van der Waals surface area contributed by atoms with Crippen molar-refractivity contribution in [2.24, 2.45) is 0 Å². The number of benzene rings is 3. The number of hydrogen-bond donors (Lipinski definition) is 0. The first kappa shape index (κ1) is 15.9. The van der Waals surface area contributed by atoms with E-state index in [4.69, 9.17) is 9.72 Å². The summed E-state index contributed by atoms with van der Waals surface area (Å²) in [5, 5.41) is 3.48. The molecule has 0 amide bonds. The minimum absolute atomic E-state index is 0.759. The molecular formula is C22H19NOS. The van der Waals surface area contributed by atoms with Crippen molar-refractivity contribution in [2.45, 2.75) is 13.3 Å². The van der Waals surface area contributed by atoms with Crippen molar-refractivity contribution in [3.63, 3.8) is 0 Å². The van der Waals surface area contributed by atoms with E-state index in [-0.39, 0.29) is 0 Å². The van der Waals surface area contributed by atoms with Gasteiger partial charge in [-0.1, -0.05) is 55.5 Å². The smallest absolute Gasteiger partial charge is 0.119 e. The fourth-order valence-electron chi connectivity index (χ4n) is 2.81. The second-order valence-electron chi connectivity index (χ2n) is 5.94. The van der Waals surface area contributed by atoms with Crippen LogP contribution in [0.15, 0.2) is 60.7 Å². The number of aromatic nitrogens is 1. The maximum absolute atomic E-state index is 5.62. The van der Waals surface area contributed by atoms with Gasteiger partial charge in [0, 0.05) is 5.39 Å². The number of fused-ring (bicyclic) bond motifs is 3. The standard InChI is InChI=1S/C22H19NOS/c1-2-15-24-18-11-7-16(8-12-18)9-14-21-23-22-19-6-4-3-5-17(19)10-13-20(22)25-21/h3-14H,2,15H2,1H3. The molecule has 0 N–H and O–H groups in total. The zero-order valence-corrected chi connectivity index (χ0v) is 14.9. The number of thiazole rings is 1. The predicted molar refractivity (Wildman–Crippen MR) is 108 cm³/mol. The Morgan fingerprint density at radius 2 is 1.80 bits per heavy atom. The van der Waals surface area contributed by atoms with E-state index in [1.165, 1.54) is 15.5 Å². The van der Waals surface area contributed by atoms with Gasteiger partial charge in [0.2, 0.25) is 0 Å². The van der Waals surface area contributed by atoms with Gasteiger partial charge in [0.15, 0.2) is 0 Å². The Balaban J connectivity index is 1.59.